The van der Waals surface area contributed by atoms with Gasteiger partial charge in [-0.05, 0) is 70.0 Å². The number of fused-ring (bicyclic) bond motifs is 1. The SMILES string of the molecule is Cc1nc2ccc(OCC3CCN(C(=O)OC(C)(C)C)C3)cc2n1Cc1cc(Cl)ccc1Cl. The van der Waals surface area contributed by atoms with E-state index in [9.17, 15) is 4.79 Å². The third-order valence-electron chi connectivity index (χ3n) is 5.67. The van der Waals surface area contributed by atoms with Gasteiger partial charge in [0, 0.05) is 35.1 Å². The molecule has 1 atom stereocenters. The summed E-state index contributed by atoms with van der Waals surface area (Å²) < 4.78 is 13.7. The van der Waals surface area contributed by atoms with Crippen molar-refractivity contribution in [2.24, 2.45) is 5.92 Å². The summed E-state index contributed by atoms with van der Waals surface area (Å²) in [6.45, 7) is 10.1. The molecule has 0 spiro atoms. The zero-order chi connectivity index (χ0) is 23.8. The Balaban J connectivity index is 1.44. The molecule has 0 bridgehead atoms. The molecular formula is C25H29Cl2N3O3. The Bertz CT molecular complexity index is 1170. The zero-order valence-electron chi connectivity index (χ0n) is 19.4. The summed E-state index contributed by atoms with van der Waals surface area (Å²) in [5, 5.41) is 1.32. The van der Waals surface area contributed by atoms with Gasteiger partial charge >= 0.3 is 6.09 Å². The first kappa shape index (κ1) is 23.7. The average molecular weight is 490 g/mol. The third kappa shape index (κ3) is 5.74. The Morgan fingerprint density at radius 2 is 1.97 bits per heavy atom. The minimum Gasteiger partial charge on any atom is -0.493 e. The van der Waals surface area contributed by atoms with Crippen molar-refractivity contribution < 1.29 is 14.3 Å². The Morgan fingerprint density at radius 3 is 2.73 bits per heavy atom. The van der Waals surface area contributed by atoms with Gasteiger partial charge in [-0.2, -0.15) is 0 Å². The van der Waals surface area contributed by atoms with Crippen LogP contribution in [-0.4, -0.2) is 45.8 Å². The van der Waals surface area contributed by atoms with Crippen molar-refractivity contribution >= 4 is 40.3 Å². The van der Waals surface area contributed by atoms with E-state index in [0.29, 0.717) is 36.3 Å². The maximum absolute atomic E-state index is 12.3. The summed E-state index contributed by atoms with van der Waals surface area (Å²) in [4.78, 5) is 18.7. The number of halogens is 2. The fourth-order valence-corrected chi connectivity index (χ4v) is 4.39. The van der Waals surface area contributed by atoms with Gasteiger partial charge in [-0.25, -0.2) is 9.78 Å². The number of likely N-dealkylation sites (tertiary alicyclic amines) is 1. The van der Waals surface area contributed by atoms with Crippen LogP contribution in [0.2, 0.25) is 10.0 Å². The van der Waals surface area contributed by atoms with Crippen LogP contribution < -0.4 is 4.74 Å². The molecule has 1 unspecified atom stereocenters. The molecule has 2 aromatic carbocycles. The number of aryl methyl sites for hydroxylation is 1. The second-order valence-electron chi connectivity index (χ2n) is 9.52. The number of hydrogen-bond acceptors (Lipinski definition) is 4. The molecule has 1 fully saturated rings. The van der Waals surface area contributed by atoms with Gasteiger partial charge in [0.15, 0.2) is 0 Å². The van der Waals surface area contributed by atoms with Gasteiger partial charge in [-0.15, -0.1) is 0 Å². The van der Waals surface area contributed by atoms with E-state index in [0.717, 1.165) is 34.6 Å². The molecule has 1 amide bonds. The van der Waals surface area contributed by atoms with E-state index >= 15 is 0 Å². The molecule has 33 heavy (non-hydrogen) atoms. The molecule has 176 valence electrons. The summed E-state index contributed by atoms with van der Waals surface area (Å²) in [6, 6.07) is 11.4. The number of benzene rings is 2. The predicted octanol–water partition coefficient (Wildman–Crippen LogP) is 6.34. The van der Waals surface area contributed by atoms with Crippen molar-refractivity contribution in [2.75, 3.05) is 19.7 Å². The molecule has 8 heteroatoms. The van der Waals surface area contributed by atoms with E-state index in [4.69, 9.17) is 32.7 Å². The number of carbonyl (C=O) groups is 1. The Morgan fingerprint density at radius 1 is 1.18 bits per heavy atom. The molecule has 1 aliphatic rings. The van der Waals surface area contributed by atoms with Gasteiger partial charge in [-0.3, -0.25) is 0 Å². The van der Waals surface area contributed by atoms with Crippen LogP contribution in [0.1, 0.15) is 38.6 Å². The topological polar surface area (TPSA) is 56.6 Å². The molecule has 6 nitrogen and oxygen atoms in total. The highest BCUT2D eigenvalue weighted by atomic mass is 35.5. The van der Waals surface area contributed by atoms with Gasteiger partial charge in [0.1, 0.15) is 17.2 Å². The van der Waals surface area contributed by atoms with Crippen molar-refractivity contribution in [2.45, 2.75) is 46.3 Å². The molecule has 0 radical (unpaired) electrons. The molecule has 1 saturated heterocycles. The maximum atomic E-state index is 12.3. The second-order valence-corrected chi connectivity index (χ2v) is 10.4. The second kappa shape index (κ2) is 9.43. The number of carbonyl (C=O) groups excluding carboxylic acids is 1. The largest absolute Gasteiger partial charge is 0.493 e. The van der Waals surface area contributed by atoms with Gasteiger partial charge in [0.2, 0.25) is 0 Å². The monoisotopic (exact) mass is 489 g/mol. The molecule has 1 aromatic heterocycles. The van der Waals surface area contributed by atoms with Crippen LogP contribution in [-0.2, 0) is 11.3 Å². The Hall–Kier alpha value is -2.44. The predicted molar refractivity (Wildman–Crippen MR) is 131 cm³/mol. The number of rotatable bonds is 5. The molecule has 2 heterocycles. The lowest BCUT2D eigenvalue weighted by Crippen LogP contribution is -2.35. The van der Waals surface area contributed by atoms with Crippen molar-refractivity contribution in [3.05, 3.63) is 57.8 Å². The van der Waals surface area contributed by atoms with E-state index in [2.05, 4.69) is 9.55 Å². The normalized spacial score (nSPS) is 16.4. The van der Waals surface area contributed by atoms with Crippen LogP contribution in [0.15, 0.2) is 36.4 Å². The minimum absolute atomic E-state index is 0.259. The van der Waals surface area contributed by atoms with E-state index in [1.54, 1.807) is 11.0 Å². The molecule has 1 aliphatic heterocycles. The highest BCUT2D eigenvalue weighted by Crippen LogP contribution is 2.27. The number of aromatic nitrogens is 2. The van der Waals surface area contributed by atoms with Crippen molar-refractivity contribution in [3.63, 3.8) is 0 Å². The van der Waals surface area contributed by atoms with Gasteiger partial charge in [0.05, 0.1) is 24.2 Å². The van der Waals surface area contributed by atoms with Crippen LogP contribution in [0.25, 0.3) is 11.0 Å². The highest BCUT2D eigenvalue weighted by Gasteiger charge is 2.30. The summed E-state index contributed by atoms with van der Waals surface area (Å²) in [5.74, 6) is 1.93. The lowest BCUT2D eigenvalue weighted by Gasteiger charge is -2.24. The van der Waals surface area contributed by atoms with Crippen LogP contribution >= 0.6 is 23.2 Å². The number of hydrogen-bond donors (Lipinski definition) is 0. The van der Waals surface area contributed by atoms with Crippen LogP contribution in [0.3, 0.4) is 0 Å². The molecule has 0 saturated carbocycles. The molecule has 3 aromatic rings. The summed E-state index contributed by atoms with van der Waals surface area (Å²) in [6.07, 6.45) is 0.636. The van der Waals surface area contributed by atoms with Crippen LogP contribution in [0.5, 0.6) is 5.75 Å². The lowest BCUT2D eigenvalue weighted by atomic mass is 10.1. The Labute approximate surface area is 204 Å². The van der Waals surface area contributed by atoms with E-state index in [-0.39, 0.29) is 12.0 Å². The molecule has 0 aliphatic carbocycles. The average Bonchev–Trinajstić information content (AvgIpc) is 3.33. The minimum atomic E-state index is -0.489. The van der Waals surface area contributed by atoms with E-state index in [1.807, 2.05) is 58.0 Å². The first-order chi connectivity index (χ1) is 15.6. The molecule has 0 N–H and O–H groups in total. The van der Waals surface area contributed by atoms with E-state index in [1.165, 1.54) is 0 Å². The molecular weight excluding hydrogens is 461 g/mol. The zero-order valence-corrected chi connectivity index (χ0v) is 20.9. The number of amides is 1. The van der Waals surface area contributed by atoms with Gasteiger partial charge in [-0.1, -0.05) is 23.2 Å². The number of imidazole rings is 1. The standard InChI is InChI=1S/C25H29Cl2N3O3/c1-16-28-22-8-6-20(12-23(22)30(16)14-18-11-19(26)5-7-21(18)27)32-15-17-9-10-29(13-17)24(31)33-25(2,3)4/h5-8,11-12,17H,9-10,13-15H2,1-4H3. The lowest BCUT2D eigenvalue weighted by molar-refractivity contribution is 0.0285. The van der Waals surface area contributed by atoms with Crippen LogP contribution in [0.4, 0.5) is 4.79 Å². The number of ether oxygens (including phenoxy) is 2. The van der Waals surface area contributed by atoms with Gasteiger partial charge < -0.3 is 18.9 Å². The summed E-state index contributed by atoms with van der Waals surface area (Å²) >= 11 is 12.6. The fourth-order valence-electron chi connectivity index (χ4n) is 4.02. The smallest absolute Gasteiger partial charge is 0.410 e. The fraction of sp³-hybridized carbons (Fsp3) is 0.440. The van der Waals surface area contributed by atoms with E-state index < -0.39 is 5.60 Å². The quantitative estimate of drug-likeness (QED) is 0.419. The van der Waals surface area contributed by atoms with Crippen molar-refractivity contribution in [3.8, 4) is 5.75 Å². The number of nitrogens with zero attached hydrogens (tertiary/aromatic N) is 3. The third-order valence-corrected chi connectivity index (χ3v) is 6.27. The first-order valence-corrected chi connectivity index (χ1v) is 11.9. The van der Waals surface area contributed by atoms with Crippen molar-refractivity contribution in [1.29, 1.82) is 0 Å². The van der Waals surface area contributed by atoms with Crippen LogP contribution in [0, 0.1) is 12.8 Å². The summed E-state index contributed by atoms with van der Waals surface area (Å²) in [5.41, 5.74) is 2.32. The first-order valence-electron chi connectivity index (χ1n) is 11.1. The Kier molecular flexibility index (Phi) is 6.78. The maximum Gasteiger partial charge on any atom is 0.410 e. The molecule has 4 rings (SSSR count). The van der Waals surface area contributed by atoms with Crippen molar-refractivity contribution in [1.82, 2.24) is 14.5 Å². The van der Waals surface area contributed by atoms with Gasteiger partial charge in [0.25, 0.3) is 0 Å². The summed E-state index contributed by atoms with van der Waals surface area (Å²) in [7, 11) is 0. The highest BCUT2D eigenvalue weighted by molar-refractivity contribution is 6.33.